The molecular weight excluding hydrogens is 422 g/mol. The summed E-state index contributed by atoms with van der Waals surface area (Å²) in [5, 5.41) is 0. The summed E-state index contributed by atoms with van der Waals surface area (Å²) in [6.45, 7) is 3.25. The normalized spacial score (nSPS) is 14.6. The number of amides is 1. The first-order valence-electron chi connectivity index (χ1n) is 10.2. The third-order valence-electron chi connectivity index (χ3n) is 5.39. The SMILES string of the molecule is CCCCn1c(N)c(N(C)C(=O)c2ccc(S(=O)(=O)N3CCCC3)cc2)c(=O)[nH]c1=O. The predicted molar refractivity (Wildman–Crippen MR) is 118 cm³/mol. The number of nitrogens with zero attached hydrogens (tertiary/aromatic N) is 3. The topological polar surface area (TPSA) is 139 Å². The van der Waals surface area contributed by atoms with Crippen molar-refractivity contribution in [2.45, 2.75) is 44.0 Å². The van der Waals surface area contributed by atoms with Crippen LogP contribution in [0, 0.1) is 0 Å². The van der Waals surface area contributed by atoms with Crippen LogP contribution >= 0.6 is 0 Å². The predicted octanol–water partition coefficient (Wildman–Crippen LogP) is 0.980. The molecule has 0 radical (unpaired) electrons. The molecule has 2 heterocycles. The lowest BCUT2D eigenvalue weighted by atomic mass is 10.2. The zero-order valence-electron chi connectivity index (χ0n) is 17.6. The lowest BCUT2D eigenvalue weighted by Crippen LogP contribution is -2.39. The number of carbonyl (C=O) groups is 1. The van der Waals surface area contributed by atoms with E-state index in [2.05, 4.69) is 4.98 Å². The first-order chi connectivity index (χ1) is 14.7. The van der Waals surface area contributed by atoms with Crippen LogP contribution in [-0.4, -0.2) is 48.3 Å². The maximum absolute atomic E-state index is 12.9. The van der Waals surface area contributed by atoms with E-state index < -0.39 is 27.2 Å². The Morgan fingerprint density at radius 1 is 1.16 bits per heavy atom. The van der Waals surface area contributed by atoms with Gasteiger partial charge in [-0.3, -0.25) is 19.1 Å². The fourth-order valence-electron chi connectivity index (χ4n) is 3.58. The Morgan fingerprint density at radius 3 is 2.35 bits per heavy atom. The second-order valence-corrected chi connectivity index (χ2v) is 9.44. The lowest BCUT2D eigenvalue weighted by Gasteiger charge is -2.21. The number of aromatic nitrogens is 2. The molecule has 1 aromatic heterocycles. The second kappa shape index (κ2) is 9.06. The van der Waals surface area contributed by atoms with Crippen molar-refractivity contribution in [1.29, 1.82) is 0 Å². The van der Waals surface area contributed by atoms with Crippen LogP contribution in [0.15, 0.2) is 38.8 Å². The number of hydrogen-bond acceptors (Lipinski definition) is 6. The molecule has 0 saturated carbocycles. The summed E-state index contributed by atoms with van der Waals surface area (Å²) >= 11 is 0. The molecule has 2 aromatic rings. The van der Waals surface area contributed by atoms with Crippen molar-refractivity contribution in [1.82, 2.24) is 13.9 Å². The van der Waals surface area contributed by atoms with Crippen molar-refractivity contribution < 1.29 is 13.2 Å². The third kappa shape index (κ3) is 4.42. The van der Waals surface area contributed by atoms with Crippen LogP contribution in [0.1, 0.15) is 43.0 Å². The monoisotopic (exact) mass is 449 g/mol. The van der Waals surface area contributed by atoms with Gasteiger partial charge in [-0.25, -0.2) is 13.2 Å². The zero-order valence-corrected chi connectivity index (χ0v) is 18.4. The highest BCUT2D eigenvalue weighted by molar-refractivity contribution is 7.89. The van der Waals surface area contributed by atoms with Gasteiger partial charge in [0.15, 0.2) is 5.69 Å². The van der Waals surface area contributed by atoms with E-state index in [0.29, 0.717) is 26.1 Å². The number of anilines is 2. The minimum atomic E-state index is -3.59. The number of rotatable bonds is 7. The van der Waals surface area contributed by atoms with E-state index >= 15 is 0 Å². The molecule has 0 unspecified atom stereocenters. The highest BCUT2D eigenvalue weighted by Crippen LogP contribution is 2.22. The molecule has 0 bridgehead atoms. The molecule has 1 aromatic carbocycles. The van der Waals surface area contributed by atoms with Gasteiger partial charge in [-0.2, -0.15) is 4.31 Å². The molecule has 1 saturated heterocycles. The number of H-pyrrole nitrogens is 1. The average molecular weight is 450 g/mol. The highest BCUT2D eigenvalue weighted by atomic mass is 32.2. The Balaban J connectivity index is 1.90. The van der Waals surface area contributed by atoms with Gasteiger partial charge in [0, 0.05) is 32.2 Å². The van der Waals surface area contributed by atoms with Gasteiger partial charge < -0.3 is 10.6 Å². The van der Waals surface area contributed by atoms with Crippen LogP contribution in [0.25, 0.3) is 0 Å². The van der Waals surface area contributed by atoms with Crippen molar-refractivity contribution in [3.63, 3.8) is 0 Å². The largest absolute Gasteiger partial charge is 0.383 e. The Morgan fingerprint density at radius 2 is 1.77 bits per heavy atom. The summed E-state index contributed by atoms with van der Waals surface area (Å²) in [5.41, 5.74) is 4.72. The molecular formula is C20H27N5O5S. The summed E-state index contributed by atoms with van der Waals surface area (Å²) in [6.07, 6.45) is 3.16. The van der Waals surface area contributed by atoms with Gasteiger partial charge in [0.05, 0.1) is 4.90 Å². The van der Waals surface area contributed by atoms with E-state index in [9.17, 15) is 22.8 Å². The molecule has 1 aliphatic rings. The quantitative estimate of drug-likeness (QED) is 0.646. The fraction of sp³-hybridized carbons (Fsp3) is 0.450. The number of sulfonamides is 1. The third-order valence-corrected chi connectivity index (χ3v) is 7.31. The summed E-state index contributed by atoms with van der Waals surface area (Å²) in [4.78, 5) is 40.8. The number of hydrogen-bond donors (Lipinski definition) is 2. The molecule has 3 rings (SSSR count). The van der Waals surface area contributed by atoms with Crippen LogP contribution < -0.4 is 21.9 Å². The fourth-order valence-corrected chi connectivity index (χ4v) is 5.10. The van der Waals surface area contributed by atoms with Crippen molar-refractivity contribution in [3.05, 3.63) is 50.7 Å². The lowest BCUT2D eigenvalue weighted by molar-refractivity contribution is 0.0992. The first-order valence-corrected chi connectivity index (χ1v) is 11.6. The van der Waals surface area contributed by atoms with E-state index in [-0.39, 0.29) is 22.0 Å². The minimum absolute atomic E-state index is 0.0914. The maximum Gasteiger partial charge on any atom is 0.330 e. The van der Waals surface area contributed by atoms with Gasteiger partial charge in [-0.1, -0.05) is 13.3 Å². The van der Waals surface area contributed by atoms with Crippen molar-refractivity contribution >= 4 is 27.4 Å². The van der Waals surface area contributed by atoms with Crippen LogP contribution in [0.4, 0.5) is 11.5 Å². The average Bonchev–Trinajstić information content (AvgIpc) is 3.28. The van der Waals surface area contributed by atoms with Crippen LogP contribution in [-0.2, 0) is 16.6 Å². The number of nitrogens with one attached hydrogen (secondary N) is 1. The smallest absolute Gasteiger partial charge is 0.330 e. The number of nitrogen functional groups attached to an aromatic ring is 1. The van der Waals surface area contributed by atoms with E-state index in [1.54, 1.807) is 0 Å². The molecule has 1 aliphatic heterocycles. The van der Waals surface area contributed by atoms with E-state index in [4.69, 9.17) is 5.73 Å². The number of aromatic amines is 1. The Labute approximate surface area is 180 Å². The molecule has 3 N–H and O–H groups in total. The van der Waals surface area contributed by atoms with Crippen LogP contribution in [0.5, 0.6) is 0 Å². The second-order valence-electron chi connectivity index (χ2n) is 7.50. The van der Waals surface area contributed by atoms with Gasteiger partial charge >= 0.3 is 5.69 Å². The van der Waals surface area contributed by atoms with E-state index in [1.807, 2.05) is 6.92 Å². The minimum Gasteiger partial charge on any atom is -0.383 e. The van der Waals surface area contributed by atoms with E-state index in [1.165, 1.54) is 40.2 Å². The van der Waals surface area contributed by atoms with E-state index in [0.717, 1.165) is 24.2 Å². The Bertz CT molecular complexity index is 1180. The van der Waals surface area contributed by atoms with Gasteiger partial charge in [-0.05, 0) is 43.5 Å². The first kappa shape index (κ1) is 22.8. The molecule has 0 spiro atoms. The Hall–Kier alpha value is -2.92. The zero-order chi connectivity index (χ0) is 22.8. The number of nitrogens with two attached hydrogens (primary N) is 1. The van der Waals surface area contributed by atoms with Gasteiger partial charge in [0.1, 0.15) is 5.82 Å². The molecule has 0 aliphatic carbocycles. The molecule has 0 atom stereocenters. The number of carbonyl (C=O) groups excluding carboxylic acids is 1. The molecule has 168 valence electrons. The standard InChI is InChI=1S/C20H27N5O5S/c1-3-4-13-25-17(21)16(18(26)22-20(25)28)23(2)19(27)14-7-9-15(10-8-14)31(29,30)24-11-5-6-12-24/h7-10H,3-6,11-13,21H2,1-2H3,(H,22,26,28). The van der Waals surface area contributed by atoms with Crippen LogP contribution in [0.2, 0.25) is 0 Å². The molecule has 11 heteroatoms. The van der Waals surface area contributed by atoms with Crippen molar-refractivity contribution in [2.24, 2.45) is 0 Å². The summed E-state index contributed by atoms with van der Waals surface area (Å²) in [7, 11) is -2.21. The van der Waals surface area contributed by atoms with Gasteiger partial charge in [0.25, 0.3) is 11.5 Å². The van der Waals surface area contributed by atoms with Gasteiger partial charge in [-0.15, -0.1) is 0 Å². The molecule has 1 amide bonds. The summed E-state index contributed by atoms with van der Waals surface area (Å²) in [6, 6.07) is 5.56. The molecule has 31 heavy (non-hydrogen) atoms. The van der Waals surface area contributed by atoms with Crippen molar-refractivity contribution in [2.75, 3.05) is 30.8 Å². The molecule has 10 nitrogen and oxygen atoms in total. The van der Waals surface area contributed by atoms with Gasteiger partial charge in [0.2, 0.25) is 10.0 Å². The molecule has 1 fully saturated rings. The number of unbranched alkanes of at least 4 members (excludes halogenated alkanes) is 1. The highest BCUT2D eigenvalue weighted by Gasteiger charge is 2.28. The Kier molecular flexibility index (Phi) is 6.65. The maximum atomic E-state index is 12.9. The summed E-state index contributed by atoms with van der Waals surface area (Å²) < 4.78 is 28.0. The van der Waals surface area contributed by atoms with Crippen LogP contribution in [0.3, 0.4) is 0 Å². The summed E-state index contributed by atoms with van der Waals surface area (Å²) in [5.74, 6) is -0.644. The van der Waals surface area contributed by atoms with Crippen molar-refractivity contribution in [3.8, 4) is 0 Å². The number of benzene rings is 1.